The van der Waals surface area contributed by atoms with Gasteiger partial charge in [0.05, 0.1) is 5.69 Å². The van der Waals surface area contributed by atoms with Crippen molar-refractivity contribution >= 4 is 52.5 Å². The van der Waals surface area contributed by atoms with Crippen LogP contribution in [0.2, 0.25) is 15.1 Å². The lowest BCUT2D eigenvalue weighted by molar-refractivity contribution is -0.111. The highest BCUT2D eigenvalue weighted by Gasteiger charge is 2.05. The Morgan fingerprint density at radius 1 is 1.05 bits per heavy atom. The van der Waals surface area contributed by atoms with Gasteiger partial charge in [0.15, 0.2) is 0 Å². The molecule has 108 valence electrons. The highest BCUT2D eigenvalue weighted by molar-refractivity contribution is 6.35. The molecule has 0 heterocycles. The van der Waals surface area contributed by atoms with Gasteiger partial charge in [0.2, 0.25) is 5.91 Å². The Hall–Kier alpha value is -1.68. The van der Waals surface area contributed by atoms with E-state index in [1.165, 1.54) is 24.3 Å². The van der Waals surface area contributed by atoms with E-state index in [2.05, 4.69) is 5.32 Å². The van der Waals surface area contributed by atoms with E-state index in [1.807, 2.05) is 0 Å². The lowest BCUT2D eigenvalue weighted by Gasteiger charge is -2.05. The topological polar surface area (TPSA) is 49.3 Å². The SMILES string of the molecule is O=C(/C=C/c1ccc(Cl)cc1Cl)Nc1cc(Cl)ccc1O. The number of anilines is 1. The van der Waals surface area contributed by atoms with Crippen LogP contribution in [0.4, 0.5) is 5.69 Å². The summed E-state index contributed by atoms with van der Waals surface area (Å²) in [4.78, 5) is 11.8. The predicted octanol–water partition coefficient (Wildman–Crippen LogP) is 5.00. The van der Waals surface area contributed by atoms with Gasteiger partial charge in [0, 0.05) is 21.1 Å². The molecule has 2 aromatic rings. The Morgan fingerprint density at radius 2 is 1.71 bits per heavy atom. The number of carbonyl (C=O) groups excluding carboxylic acids is 1. The molecular formula is C15H10Cl3NO2. The number of halogens is 3. The van der Waals surface area contributed by atoms with E-state index < -0.39 is 5.91 Å². The van der Waals surface area contributed by atoms with Crippen molar-refractivity contribution in [1.82, 2.24) is 0 Å². The van der Waals surface area contributed by atoms with E-state index in [0.29, 0.717) is 20.6 Å². The number of nitrogens with one attached hydrogen (secondary N) is 1. The first kappa shape index (κ1) is 15.7. The molecule has 0 aliphatic heterocycles. The van der Waals surface area contributed by atoms with Gasteiger partial charge < -0.3 is 10.4 Å². The van der Waals surface area contributed by atoms with E-state index in [0.717, 1.165) is 0 Å². The minimum absolute atomic E-state index is 0.0642. The fourth-order valence-corrected chi connectivity index (χ4v) is 2.23. The molecule has 0 saturated heterocycles. The second-order valence-electron chi connectivity index (χ2n) is 4.15. The van der Waals surface area contributed by atoms with Crippen molar-refractivity contribution < 1.29 is 9.90 Å². The summed E-state index contributed by atoms with van der Waals surface area (Å²) in [7, 11) is 0. The standard InChI is InChI=1S/C15H10Cl3NO2/c16-10-3-1-9(12(18)7-10)2-6-15(21)19-13-8-11(17)4-5-14(13)20/h1-8,20H,(H,19,21)/b6-2+. The first-order valence-corrected chi connectivity index (χ1v) is 7.02. The van der Waals surface area contributed by atoms with Gasteiger partial charge in [0.25, 0.3) is 0 Å². The smallest absolute Gasteiger partial charge is 0.248 e. The fourth-order valence-electron chi connectivity index (χ4n) is 1.58. The summed E-state index contributed by atoms with van der Waals surface area (Å²) in [6, 6.07) is 9.34. The highest BCUT2D eigenvalue weighted by Crippen LogP contribution is 2.26. The number of benzene rings is 2. The Labute approximate surface area is 136 Å². The maximum atomic E-state index is 11.8. The summed E-state index contributed by atoms with van der Waals surface area (Å²) in [5.74, 6) is -0.482. The zero-order valence-electron chi connectivity index (χ0n) is 10.6. The monoisotopic (exact) mass is 341 g/mol. The van der Waals surface area contributed by atoms with Crippen molar-refractivity contribution in [2.75, 3.05) is 5.32 Å². The first-order valence-electron chi connectivity index (χ1n) is 5.88. The zero-order valence-corrected chi connectivity index (χ0v) is 12.9. The molecule has 21 heavy (non-hydrogen) atoms. The van der Waals surface area contributed by atoms with E-state index >= 15 is 0 Å². The number of rotatable bonds is 3. The molecule has 6 heteroatoms. The van der Waals surface area contributed by atoms with Gasteiger partial charge >= 0.3 is 0 Å². The molecular weight excluding hydrogens is 333 g/mol. The van der Waals surface area contributed by atoms with Gasteiger partial charge in [-0.05, 0) is 42.0 Å². The van der Waals surface area contributed by atoms with Crippen molar-refractivity contribution in [3.8, 4) is 5.75 Å². The highest BCUT2D eigenvalue weighted by atomic mass is 35.5. The van der Waals surface area contributed by atoms with Gasteiger partial charge in [-0.3, -0.25) is 4.79 Å². The minimum atomic E-state index is -0.418. The molecule has 0 radical (unpaired) electrons. The molecule has 0 aliphatic carbocycles. The van der Waals surface area contributed by atoms with Crippen molar-refractivity contribution in [1.29, 1.82) is 0 Å². The number of amides is 1. The second kappa shape index (κ2) is 6.85. The lowest BCUT2D eigenvalue weighted by atomic mass is 10.2. The van der Waals surface area contributed by atoms with Gasteiger partial charge in [-0.2, -0.15) is 0 Å². The van der Waals surface area contributed by atoms with Gasteiger partial charge in [-0.1, -0.05) is 40.9 Å². The maximum absolute atomic E-state index is 11.8. The Morgan fingerprint density at radius 3 is 2.43 bits per heavy atom. The van der Waals surface area contributed by atoms with Crippen molar-refractivity contribution in [3.05, 3.63) is 63.1 Å². The third-order valence-electron chi connectivity index (χ3n) is 2.59. The van der Waals surface area contributed by atoms with Crippen molar-refractivity contribution in [2.24, 2.45) is 0 Å². The number of phenols is 1. The summed E-state index contributed by atoms with van der Waals surface area (Å²) < 4.78 is 0. The largest absolute Gasteiger partial charge is 0.506 e. The Balaban J connectivity index is 2.11. The van der Waals surface area contributed by atoms with Crippen LogP contribution in [0.3, 0.4) is 0 Å². The summed E-state index contributed by atoms with van der Waals surface area (Å²) >= 11 is 17.6. The van der Waals surface area contributed by atoms with Crippen LogP contribution in [-0.4, -0.2) is 11.0 Å². The summed E-state index contributed by atoms with van der Waals surface area (Å²) in [6.07, 6.45) is 2.85. The average molecular weight is 343 g/mol. The number of hydrogen-bond acceptors (Lipinski definition) is 2. The summed E-state index contributed by atoms with van der Waals surface area (Å²) in [5.41, 5.74) is 0.894. The predicted molar refractivity (Wildman–Crippen MR) is 87.2 cm³/mol. The maximum Gasteiger partial charge on any atom is 0.248 e. The van der Waals surface area contributed by atoms with E-state index in [9.17, 15) is 9.90 Å². The molecule has 0 aliphatic rings. The zero-order chi connectivity index (χ0) is 15.4. The van der Waals surface area contributed by atoms with E-state index in [1.54, 1.807) is 24.3 Å². The van der Waals surface area contributed by atoms with Crippen LogP contribution in [0.15, 0.2) is 42.5 Å². The molecule has 2 aromatic carbocycles. The van der Waals surface area contributed by atoms with Gasteiger partial charge in [-0.15, -0.1) is 0 Å². The summed E-state index contributed by atoms with van der Waals surface area (Å²) in [6.45, 7) is 0. The quantitative estimate of drug-likeness (QED) is 0.609. The molecule has 0 bridgehead atoms. The van der Waals surface area contributed by atoms with Crippen LogP contribution in [0.1, 0.15) is 5.56 Å². The van der Waals surface area contributed by atoms with Crippen molar-refractivity contribution in [2.45, 2.75) is 0 Å². The Kier molecular flexibility index (Phi) is 5.12. The van der Waals surface area contributed by atoms with Crippen molar-refractivity contribution in [3.63, 3.8) is 0 Å². The first-order chi connectivity index (χ1) is 9.95. The Bertz CT molecular complexity index is 714. The normalized spacial score (nSPS) is 10.8. The van der Waals surface area contributed by atoms with Crippen LogP contribution in [0.5, 0.6) is 5.75 Å². The van der Waals surface area contributed by atoms with Crippen LogP contribution in [0, 0.1) is 0 Å². The van der Waals surface area contributed by atoms with Crippen LogP contribution < -0.4 is 5.32 Å². The molecule has 0 fully saturated rings. The van der Waals surface area contributed by atoms with Crippen LogP contribution in [-0.2, 0) is 4.79 Å². The molecule has 0 aromatic heterocycles. The molecule has 1 amide bonds. The summed E-state index contributed by atoms with van der Waals surface area (Å²) in [5, 5.41) is 13.5. The molecule has 0 spiro atoms. The van der Waals surface area contributed by atoms with Crippen LogP contribution in [0.25, 0.3) is 6.08 Å². The molecule has 0 saturated carbocycles. The average Bonchev–Trinajstić information content (AvgIpc) is 2.42. The third-order valence-corrected chi connectivity index (χ3v) is 3.39. The minimum Gasteiger partial charge on any atom is -0.506 e. The molecule has 2 N–H and O–H groups in total. The third kappa shape index (κ3) is 4.39. The van der Waals surface area contributed by atoms with E-state index in [4.69, 9.17) is 34.8 Å². The van der Waals surface area contributed by atoms with Crippen LogP contribution >= 0.6 is 34.8 Å². The number of phenolic OH excluding ortho intramolecular Hbond substituents is 1. The second-order valence-corrected chi connectivity index (χ2v) is 5.43. The van der Waals surface area contributed by atoms with Gasteiger partial charge in [-0.25, -0.2) is 0 Å². The number of hydrogen-bond donors (Lipinski definition) is 2. The molecule has 0 atom stereocenters. The lowest BCUT2D eigenvalue weighted by Crippen LogP contribution is -2.07. The van der Waals surface area contributed by atoms with Gasteiger partial charge in [0.1, 0.15) is 5.75 Å². The molecule has 3 nitrogen and oxygen atoms in total. The molecule has 2 rings (SSSR count). The number of aromatic hydroxyl groups is 1. The van der Waals surface area contributed by atoms with E-state index in [-0.39, 0.29) is 11.4 Å². The molecule has 0 unspecified atom stereocenters. The fraction of sp³-hybridized carbons (Fsp3) is 0. The number of carbonyl (C=O) groups is 1.